The van der Waals surface area contributed by atoms with E-state index in [1.807, 2.05) is 0 Å². The number of unbranched alkanes of at least 4 members (excludes halogenated alkanes) is 2. The first-order valence-electron chi connectivity index (χ1n) is 9.29. The van der Waals surface area contributed by atoms with Crippen LogP contribution in [0.25, 0.3) is 0 Å². The summed E-state index contributed by atoms with van der Waals surface area (Å²) in [6.45, 7) is 3.10. The van der Waals surface area contributed by atoms with Gasteiger partial charge in [0.05, 0.1) is 22.7 Å². The molecule has 1 aliphatic carbocycles. The third-order valence-electron chi connectivity index (χ3n) is 4.43. The monoisotopic (exact) mass is 537 g/mol. The van der Waals surface area contributed by atoms with E-state index in [0.29, 0.717) is 34.4 Å². The predicted molar refractivity (Wildman–Crippen MR) is 114 cm³/mol. The predicted octanol–water partition coefficient (Wildman–Crippen LogP) is 2.44. The number of hydrogen-bond donors (Lipinski definition) is 3. The number of amides is 2. The van der Waals surface area contributed by atoms with Crippen LogP contribution in [0, 0.1) is 0 Å². The Kier molecular flexibility index (Phi) is 8.97. The van der Waals surface area contributed by atoms with Crippen molar-refractivity contribution in [3.63, 3.8) is 0 Å². The van der Waals surface area contributed by atoms with Gasteiger partial charge in [-0.1, -0.05) is 5.16 Å². The Labute approximate surface area is 186 Å². The number of oxime groups is 1. The van der Waals surface area contributed by atoms with Gasteiger partial charge in [-0.05, 0) is 64.1 Å². The van der Waals surface area contributed by atoms with Gasteiger partial charge in [0.25, 0.3) is 5.91 Å². The van der Waals surface area contributed by atoms with Gasteiger partial charge < -0.3 is 30.1 Å². The molecule has 0 saturated carbocycles. The summed E-state index contributed by atoms with van der Waals surface area (Å²) < 4.78 is 11.0. The van der Waals surface area contributed by atoms with E-state index in [4.69, 9.17) is 14.3 Å². The van der Waals surface area contributed by atoms with Gasteiger partial charge in [-0.3, -0.25) is 4.79 Å². The smallest absolute Gasteiger partial charge is 0.407 e. The molecular weight excluding hydrogens is 514 g/mol. The van der Waals surface area contributed by atoms with Crippen LogP contribution in [0.1, 0.15) is 32.6 Å². The first-order valence-corrected chi connectivity index (χ1v) is 10.9. The van der Waals surface area contributed by atoms with Gasteiger partial charge >= 0.3 is 6.09 Å². The molecule has 0 aromatic rings. The molecule has 2 rings (SSSR count). The summed E-state index contributed by atoms with van der Waals surface area (Å²) in [7, 11) is 1.49. The summed E-state index contributed by atoms with van der Waals surface area (Å²) in [5, 5.41) is 19.9. The minimum Gasteiger partial charge on any atom is -0.495 e. The van der Waals surface area contributed by atoms with Gasteiger partial charge in [0.1, 0.15) is 17.6 Å². The summed E-state index contributed by atoms with van der Waals surface area (Å²) in [5.41, 5.74) is -0.948. The Morgan fingerprint density at radius 1 is 1.31 bits per heavy atom. The molecule has 2 atom stereocenters. The van der Waals surface area contributed by atoms with E-state index >= 15 is 0 Å². The van der Waals surface area contributed by atoms with Crippen LogP contribution in [0.15, 0.2) is 26.0 Å². The van der Waals surface area contributed by atoms with E-state index in [9.17, 15) is 14.7 Å². The maximum Gasteiger partial charge on any atom is 0.407 e. The summed E-state index contributed by atoms with van der Waals surface area (Å²) in [5.74, 6) is 0.128. The van der Waals surface area contributed by atoms with E-state index in [1.54, 1.807) is 13.0 Å². The third kappa shape index (κ3) is 5.95. The second kappa shape index (κ2) is 11.0. The molecule has 0 aromatic carbocycles. The van der Waals surface area contributed by atoms with Crippen LogP contribution < -0.4 is 10.6 Å². The fourth-order valence-corrected chi connectivity index (χ4v) is 4.71. The lowest BCUT2D eigenvalue weighted by Crippen LogP contribution is -2.45. The van der Waals surface area contributed by atoms with Crippen LogP contribution in [0.4, 0.5) is 4.79 Å². The Hall–Kier alpha value is -1.59. The summed E-state index contributed by atoms with van der Waals surface area (Å²) in [6, 6.07) is 0. The van der Waals surface area contributed by atoms with E-state index in [0.717, 1.165) is 19.3 Å². The number of ether oxygens (including phenoxy) is 2. The van der Waals surface area contributed by atoms with Crippen molar-refractivity contribution in [1.82, 2.24) is 10.6 Å². The maximum absolute atomic E-state index is 12.4. The Balaban J connectivity index is 1.73. The highest BCUT2D eigenvalue weighted by molar-refractivity contribution is 9.12. The van der Waals surface area contributed by atoms with Crippen molar-refractivity contribution in [3.8, 4) is 0 Å². The van der Waals surface area contributed by atoms with Gasteiger partial charge in [-0.15, -0.1) is 0 Å². The van der Waals surface area contributed by atoms with Gasteiger partial charge in [-0.2, -0.15) is 0 Å². The number of alkyl carbamates (subject to hydrolysis) is 1. The molecule has 1 spiro atoms. The molecule has 9 nitrogen and oxygen atoms in total. The van der Waals surface area contributed by atoms with Crippen molar-refractivity contribution in [2.75, 3.05) is 26.8 Å². The lowest BCUT2D eigenvalue weighted by molar-refractivity contribution is -0.114. The molecule has 1 aliphatic heterocycles. The number of carbonyl (C=O) groups is 2. The zero-order valence-electron chi connectivity index (χ0n) is 16.3. The van der Waals surface area contributed by atoms with Crippen LogP contribution in [0.5, 0.6) is 0 Å². The number of allylic oxidation sites excluding steroid dienone is 1. The van der Waals surface area contributed by atoms with Crippen molar-refractivity contribution < 1.29 is 29.0 Å². The number of aliphatic hydroxyl groups excluding tert-OH is 1. The van der Waals surface area contributed by atoms with E-state index < -0.39 is 17.8 Å². The molecule has 0 radical (unpaired) electrons. The highest BCUT2D eigenvalue weighted by atomic mass is 79.9. The fourth-order valence-electron chi connectivity index (χ4n) is 2.92. The number of aliphatic hydroxyl groups is 1. The highest BCUT2D eigenvalue weighted by Crippen LogP contribution is 2.43. The average molecular weight is 539 g/mol. The topological polar surface area (TPSA) is 118 Å². The van der Waals surface area contributed by atoms with Gasteiger partial charge in [0.15, 0.2) is 5.60 Å². The first kappa shape index (κ1) is 23.7. The van der Waals surface area contributed by atoms with Crippen molar-refractivity contribution in [3.05, 3.63) is 20.8 Å². The lowest BCUT2D eigenvalue weighted by Gasteiger charge is -2.33. The van der Waals surface area contributed by atoms with Gasteiger partial charge in [0.2, 0.25) is 0 Å². The summed E-state index contributed by atoms with van der Waals surface area (Å²) in [4.78, 5) is 29.0. The SMILES string of the molecule is CCOC(=O)NCCCCCNC(=O)C1=NO[C@@]2(C=C(Br)C(OC)=C(Br)[C@H]2O)C1. The summed E-state index contributed by atoms with van der Waals surface area (Å²) in [6.07, 6.45) is 2.69. The number of nitrogens with zero attached hydrogens (tertiary/aromatic N) is 1. The molecule has 1 heterocycles. The fraction of sp³-hybridized carbons (Fsp3) is 0.611. The normalized spacial score (nSPS) is 23.3. The number of rotatable bonds is 9. The Morgan fingerprint density at radius 3 is 2.66 bits per heavy atom. The molecule has 29 heavy (non-hydrogen) atoms. The average Bonchev–Trinajstić information content (AvgIpc) is 3.11. The van der Waals surface area contributed by atoms with Crippen LogP contribution in [0.3, 0.4) is 0 Å². The minimum absolute atomic E-state index is 0.130. The molecule has 0 unspecified atom stereocenters. The van der Waals surface area contributed by atoms with E-state index in [2.05, 4.69) is 47.6 Å². The highest BCUT2D eigenvalue weighted by Gasteiger charge is 2.50. The van der Waals surface area contributed by atoms with E-state index in [-0.39, 0.29) is 18.0 Å². The number of hydrogen-bond acceptors (Lipinski definition) is 7. The first-order chi connectivity index (χ1) is 13.8. The molecule has 11 heteroatoms. The summed E-state index contributed by atoms with van der Waals surface area (Å²) >= 11 is 6.71. The molecule has 2 amide bonds. The lowest BCUT2D eigenvalue weighted by atomic mass is 9.87. The van der Waals surface area contributed by atoms with Crippen LogP contribution >= 0.6 is 31.9 Å². The van der Waals surface area contributed by atoms with Crippen molar-refractivity contribution in [2.45, 2.75) is 44.3 Å². The maximum atomic E-state index is 12.4. The van der Waals surface area contributed by atoms with Crippen molar-refractivity contribution in [1.29, 1.82) is 0 Å². The number of halogens is 2. The third-order valence-corrected chi connectivity index (χ3v) is 5.81. The molecule has 0 saturated heterocycles. The zero-order chi connectivity index (χ0) is 21.4. The molecule has 2 aliphatic rings. The molecular formula is C18H25Br2N3O6. The van der Waals surface area contributed by atoms with Crippen LogP contribution in [-0.2, 0) is 19.1 Å². The zero-order valence-corrected chi connectivity index (χ0v) is 19.5. The molecule has 0 fully saturated rings. The standard InChI is InChI=1S/C18H25Br2N3O6/c1-3-28-17(26)22-8-6-4-5-7-21-16(25)12-10-18(29-23-12)9-11(19)14(27-2)13(20)15(18)24/h9,15,24H,3-8,10H2,1-2H3,(H,21,25)(H,22,26)/t15-,18+/m1/s1. The number of carbonyl (C=O) groups excluding carboxylic acids is 2. The molecule has 162 valence electrons. The van der Waals surface area contributed by atoms with Crippen molar-refractivity contribution >= 4 is 49.6 Å². The molecule has 0 bridgehead atoms. The minimum atomic E-state index is -1.16. The van der Waals surface area contributed by atoms with E-state index in [1.165, 1.54) is 7.11 Å². The quantitative estimate of drug-likeness (QED) is 0.388. The van der Waals surface area contributed by atoms with Gasteiger partial charge in [-0.25, -0.2) is 4.79 Å². The van der Waals surface area contributed by atoms with Crippen LogP contribution in [-0.4, -0.2) is 61.3 Å². The van der Waals surface area contributed by atoms with Gasteiger partial charge in [0, 0.05) is 19.5 Å². The number of nitrogens with one attached hydrogen (secondary N) is 2. The largest absolute Gasteiger partial charge is 0.495 e. The Morgan fingerprint density at radius 2 is 2.00 bits per heavy atom. The second-order valence-corrected chi connectivity index (χ2v) is 8.21. The molecule has 3 N–H and O–H groups in total. The second-order valence-electron chi connectivity index (χ2n) is 6.50. The molecule has 0 aromatic heterocycles. The Bertz CT molecular complexity index is 724. The number of methoxy groups -OCH3 is 1. The van der Waals surface area contributed by atoms with Crippen LogP contribution in [0.2, 0.25) is 0 Å². The van der Waals surface area contributed by atoms with Crippen molar-refractivity contribution in [2.24, 2.45) is 5.16 Å².